The Morgan fingerprint density at radius 3 is 2.31 bits per heavy atom. The molecule has 0 saturated carbocycles. The van der Waals surface area contributed by atoms with Gasteiger partial charge in [-0.3, -0.25) is 14.5 Å². The number of hydrogen-bond donors (Lipinski definition) is 1. The molecule has 1 atom stereocenters. The van der Waals surface area contributed by atoms with Crippen LogP contribution in [0.5, 0.6) is 5.75 Å². The maximum absolute atomic E-state index is 13.7. The van der Waals surface area contributed by atoms with E-state index in [0.717, 1.165) is 6.07 Å². The summed E-state index contributed by atoms with van der Waals surface area (Å²) >= 11 is 5.91. The summed E-state index contributed by atoms with van der Waals surface area (Å²) in [4.78, 5) is 27.3. The fourth-order valence-electron chi connectivity index (χ4n) is 3.24. The number of aliphatic hydroxyl groups is 1. The third-order valence-electron chi connectivity index (χ3n) is 4.75. The van der Waals surface area contributed by atoms with Crippen LogP contribution in [-0.4, -0.2) is 23.9 Å². The van der Waals surface area contributed by atoms with E-state index in [1.807, 2.05) is 0 Å². The normalized spacial score (nSPS) is 17.1. The van der Waals surface area contributed by atoms with Crippen molar-refractivity contribution >= 4 is 29.0 Å². The van der Waals surface area contributed by atoms with Gasteiger partial charge >= 0.3 is 0 Å². The number of methoxy groups -OCH3 is 1. The number of carbonyl (C=O) groups is 2. The molecule has 29 heavy (non-hydrogen) atoms. The molecule has 0 aliphatic carbocycles. The minimum absolute atomic E-state index is 0.00638. The average Bonchev–Trinajstić information content (AvgIpc) is 2.94. The Morgan fingerprint density at radius 1 is 1.17 bits per heavy atom. The predicted octanol–water partition coefficient (Wildman–Crippen LogP) is 5.00. The summed E-state index contributed by atoms with van der Waals surface area (Å²) in [7, 11) is 1.53. The zero-order chi connectivity index (χ0) is 21.5. The lowest BCUT2D eigenvalue weighted by molar-refractivity contribution is -0.123. The fourth-order valence-corrected chi connectivity index (χ4v) is 3.42. The molecule has 0 fully saturated rings. The van der Waals surface area contributed by atoms with E-state index in [2.05, 4.69) is 0 Å². The number of hydrogen-bond acceptors (Lipinski definition) is 4. The second-order valence-corrected chi connectivity index (χ2v) is 8.20. The van der Waals surface area contributed by atoms with Crippen LogP contribution in [-0.2, 0) is 9.59 Å². The molecule has 152 valence electrons. The molecule has 1 heterocycles. The van der Waals surface area contributed by atoms with Crippen LogP contribution in [0.2, 0.25) is 5.02 Å². The number of benzene rings is 2. The van der Waals surface area contributed by atoms with Crippen LogP contribution >= 0.6 is 11.6 Å². The number of carbonyl (C=O) groups excluding carboxylic acids is 2. The number of anilines is 1. The van der Waals surface area contributed by atoms with Gasteiger partial charge in [-0.1, -0.05) is 44.5 Å². The van der Waals surface area contributed by atoms with Gasteiger partial charge in [-0.25, -0.2) is 4.39 Å². The topological polar surface area (TPSA) is 66.8 Å². The summed E-state index contributed by atoms with van der Waals surface area (Å²) in [6.07, 6.45) is 0. The van der Waals surface area contributed by atoms with Crippen molar-refractivity contribution in [2.45, 2.75) is 26.8 Å². The minimum atomic E-state index is -0.887. The molecule has 1 aliphatic rings. The third-order valence-corrected chi connectivity index (χ3v) is 5.04. The van der Waals surface area contributed by atoms with Crippen LogP contribution in [0.3, 0.4) is 0 Å². The van der Waals surface area contributed by atoms with Crippen LogP contribution in [0.4, 0.5) is 10.1 Å². The van der Waals surface area contributed by atoms with Gasteiger partial charge in [0.25, 0.3) is 5.91 Å². The Bertz CT molecular complexity index is 1010. The molecule has 7 heteroatoms. The lowest BCUT2D eigenvalue weighted by atomic mass is 9.82. The van der Waals surface area contributed by atoms with Crippen molar-refractivity contribution in [1.82, 2.24) is 0 Å². The first-order chi connectivity index (χ1) is 13.6. The highest BCUT2D eigenvalue weighted by molar-refractivity contribution is 6.31. The van der Waals surface area contributed by atoms with E-state index in [0.29, 0.717) is 11.3 Å². The number of nitrogens with zero attached hydrogens (tertiary/aromatic N) is 1. The Morgan fingerprint density at radius 2 is 1.79 bits per heavy atom. The first kappa shape index (κ1) is 20.9. The monoisotopic (exact) mass is 417 g/mol. The van der Waals surface area contributed by atoms with Crippen LogP contribution in [0, 0.1) is 11.2 Å². The summed E-state index contributed by atoms with van der Waals surface area (Å²) < 4.78 is 18.8. The summed E-state index contributed by atoms with van der Waals surface area (Å²) in [5.41, 5.74) is 0.0277. The summed E-state index contributed by atoms with van der Waals surface area (Å²) in [6.45, 7) is 5.13. The molecule has 1 amide bonds. The molecule has 1 unspecified atom stereocenters. The average molecular weight is 418 g/mol. The number of halogens is 2. The minimum Gasteiger partial charge on any atom is -0.503 e. The lowest BCUT2D eigenvalue weighted by Crippen LogP contribution is -2.32. The number of aliphatic hydroxyl groups excluding tert-OH is 1. The van der Waals surface area contributed by atoms with Crippen molar-refractivity contribution in [3.8, 4) is 5.75 Å². The van der Waals surface area contributed by atoms with Gasteiger partial charge in [0.05, 0.1) is 23.7 Å². The molecule has 0 aromatic heterocycles. The largest absolute Gasteiger partial charge is 0.503 e. The second kappa shape index (κ2) is 7.52. The number of amides is 1. The molecular formula is C22H21ClFNO4. The van der Waals surface area contributed by atoms with E-state index in [4.69, 9.17) is 16.3 Å². The van der Waals surface area contributed by atoms with Gasteiger partial charge in [-0.15, -0.1) is 0 Å². The lowest BCUT2D eigenvalue weighted by Gasteiger charge is -2.29. The highest BCUT2D eigenvalue weighted by Gasteiger charge is 2.46. The van der Waals surface area contributed by atoms with E-state index in [-0.39, 0.29) is 22.1 Å². The molecule has 2 aromatic rings. The number of Topliss-reactive ketones (excluding diaryl/α,β-unsaturated/α-hetero) is 1. The smallest absolute Gasteiger partial charge is 0.294 e. The first-order valence-corrected chi connectivity index (χ1v) is 9.34. The summed E-state index contributed by atoms with van der Waals surface area (Å²) in [5.74, 6) is -1.76. The first-order valence-electron chi connectivity index (χ1n) is 8.96. The van der Waals surface area contributed by atoms with Crippen LogP contribution in [0.15, 0.2) is 53.8 Å². The number of ketones is 1. The molecule has 0 bridgehead atoms. The maximum atomic E-state index is 13.7. The van der Waals surface area contributed by atoms with Gasteiger partial charge in [0.1, 0.15) is 11.6 Å². The standard InChI is InChI=1S/C22H21ClFNO4/c1-22(2,3)20(27)17-18(12-5-8-14(29-4)9-6-12)25(21(28)19(17)26)13-7-10-16(24)15(23)11-13/h5-11,18,26H,1-4H3. The Hall–Kier alpha value is -2.86. The van der Waals surface area contributed by atoms with Gasteiger partial charge in [-0.2, -0.15) is 0 Å². The predicted molar refractivity (Wildman–Crippen MR) is 109 cm³/mol. The maximum Gasteiger partial charge on any atom is 0.294 e. The Labute approximate surface area is 173 Å². The van der Waals surface area contributed by atoms with Gasteiger partial charge in [0.2, 0.25) is 0 Å². The van der Waals surface area contributed by atoms with Crippen LogP contribution < -0.4 is 9.64 Å². The zero-order valence-corrected chi connectivity index (χ0v) is 17.2. The van der Waals surface area contributed by atoms with E-state index < -0.39 is 28.9 Å². The second-order valence-electron chi connectivity index (χ2n) is 7.79. The summed E-state index contributed by atoms with van der Waals surface area (Å²) in [6, 6.07) is 9.75. The van der Waals surface area contributed by atoms with Crippen molar-refractivity contribution in [3.63, 3.8) is 0 Å². The highest BCUT2D eigenvalue weighted by Crippen LogP contribution is 2.44. The van der Waals surface area contributed by atoms with Gasteiger partial charge < -0.3 is 9.84 Å². The quantitative estimate of drug-likeness (QED) is 0.759. The van der Waals surface area contributed by atoms with Gasteiger partial charge in [0.15, 0.2) is 11.5 Å². The molecule has 0 radical (unpaired) electrons. The number of rotatable bonds is 4. The molecule has 2 aromatic carbocycles. The van der Waals surface area contributed by atoms with E-state index in [1.165, 1.54) is 24.1 Å². The van der Waals surface area contributed by atoms with Crippen molar-refractivity contribution in [2.24, 2.45) is 5.41 Å². The van der Waals surface area contributed by atoms with Crippen LogP contribution in [0.25, 0.3) is 0 Å². The third kappa shape index (κ3) is 3.72. The summed E-state index contributed by atoms with van der Waals surface area (Å²) in [5, 5.41) is 10.4. The molecule has 0 saturated heterocycles. The number of ether oxygens (including phenoxy) is 1. The molecular weight excluding hydrogens is 397 g/mol. The van der Waals surface area contributed by atoms with Crippen molar-refractivity contribution in [2.75, 3.05) is 12.0 Å². The Kier molecular flexibility index (Phi) is 5.41. The van der Waals surface area contributed by atoms with Crippen molar-refractivity contribution < 1.29 is 23.8 Å². The zero-order valence-electron chi connectivity index (χ0n) is 16.5. The van der Waals surface area contributed by atoms with Crippen molar-refractivity contribution in [1.29, 1.82) is 0 Å². The molecule has 1 aliphatic heterocycles. The molecule has 1 N–H and O–H groups in total. The van der Waals surface area contributed by atoms with E-state index in [1.54, 1.807) is 45.0 Å². The SMILES string of the molecule is COc1ccc(C2C(C(=O)C(C)(C)C)=C(O)C(=O)N2c2ccc(F)c(Cl)c2)cc1. The van der Waals surface area contributed by atoms with Crippen LogP contribution in [0.1, 0.15) is 32.4 Å². The molecule has 0 spiro atoms. The molecule has 5 nitrogen and oxygen atoms in total. The van der Waals surface area contributed by atoms with E-state index in [9.17, 15) is 19.1 Å². The van der Waals surface area contributed by atoms with Gasteiger partial charge in [-0.05, 0) is 35.9 Å². The van der Waals surface area contributed by atoms with E-state index >= 15 is 0 Å². The fraction of sp³-hybridized carbons (Fsp3) is 0.273. The van der Waals surface area contributed by atoms with Gasteiger partial charge in [0, 0.05) is 11.1 Å². The molecule has 3 rings (SSSR count). The van der Waals surface area contributed by atoms with Crippen molar-refractivity contribution in [3.05, 3.63) is 70.2 Å². The Balaban J connectivity index is 2.20. The highest BCUT2D eigenvalue weighted by atomic mass is 35.5.